The summed E-state index contributed by atoms with van der Waals surface area (Å²) in [7, 11) is 0. The summed E-state index contributed by atoms with van der Waals surface area (Å²) in [5.41, 5.74) is 3.92. The van der Waals surface area contributed by atoms with Gasteiger partial charge in [0.1, 0.15) is 0 Å². The van der Waals surface area contributed by atoms with Crippen LogP contribution in [0.25, 0.3) is 10.9 Å². The molecule has 4 nitrogen and oxygen atoms in total. The average Bonchev–Trinajstić information content (AvgIpc) is 3.17. The largest absolute Gasteiger partial charge is 0.369 e. The Morgan fingerprint density at radius 2 is 1.83 bits per heavy atom. The van der Waals surface area contributed by atoms with Gasteiger partial charge < -0.3 is 9.88 Å². The number of nitrogens with zero attached hydrogens (tertiary/aromatic N) is 3. The third-order valence-electron chi connectivity index (χ3n) is 6.55. The Balaban J connectivity index is 1.19. The molecule has 0 aliphatic carbocycles. The third-order valence-corrected chi connectivity index (χ3v) is 6.79. The van der Waals surface area contributed by atoms with Gasteiger partial charge >= 0.3 is 0 Å². The zero-order valence-electron chi connectivity index (χ0n) is 16.9. The highest BCUT2D eigenvalue weighted by Crippen LogP contribution is 2.25. The molecule has 0 saturated carbocycles. The Hall–Kier alpha value is -2.01. The van der Waals surface area contributed by atoms with E-state index >= 15 is 0 Å². The minimum absolute atomic E-state index is 0.676. The Morgan fingerprint density at radius 1 is 0.966 bits per heavy atom. The van der Waals surface area contributed by atoms with Crippen molar-refractivity contribution < 1.29 is 0 Å². The molecule has 1 atom stereocenters. The van der Waals surface area contributed by atoms with Crippen LogP contribution in [-0.4, -0.2) is 60.1 Å². The topological polar surface area (TPSA) is 25.5 Å². The molecule has 0 bridgehead atoms. The number of fused-ring (bicyclic) bond motifs is 1. The number of nitrogens with one attached hydrogen (secondary N) is 1. The highest BCUT2D eigenvalue weighted by molar-refractivity contribution is 6.30. The molecule has 0 amide bonds. The number of hydrogen-bond donors (Lipinski definition) is 1. The number of rotatable bonds is 4. The SMILES string of the molecule is Clc1cccc(N2CCN([C@H]3CCCN(Cc4c[nH]c5ccccc45)C3)CC2)c1. The molecule has 5 rings (SSSR count). The third kappa shape index (κ3) is 4.16. The molecule has 2 fully saturated rings. The molecule has 0 unspecified atom stereocenters. The molecule has 152 valence electrons. The van der Waals surface area contributed by atoms with Crippen LogP contribution in [0.1, 0.15) is 18.4 Å². The molecule has 29 heavy (non-hydrogen) atoms. The normalized spacial score (nSPS) is 21.7. The Labute approximate surface area is 178 Å². The van der Waals surface area contributed by atoms with Crippen molar-refractivity contribution in [2.45, 2.75) is 25.4 Å². The number of piperazine rings is 1. The van der Waals surface area contributed by atoms with Gasteiger partial charge in [0.05, 0.1) is 0 Å². The number of anilines is 1. The van der Waals surface area contributed by atoms with Crippen LogP contribution < -0.4 is 4.90 Å². The smallest absolute Gasteiger partial charge is 0.0457 e. The number of piperidine rings is 1. The molecular weight excluding hydrogens is 380 g/mol. The van der Waals surface area contributed by atoms with Crippen molar-refractivity contribution >= 4 is 28.2 Å². The predicted molar refractivity (Wildman–Crippen MR) is 122 cm³/mol. The van der Waals surface area contributed by atoms with E-state index in [9.17, 15) is 0 Å². The maximum atomic E-state index is 6.18. The molecule has 1 aromatic heterocycles. The van der Waals surface area contributed by atoms with Crippen molar-refractivity contribution in [3.8, 4) is 0 Å². The monoisotopic (exact) mass is 408 g/mol. The quantitative estimate of drug-likeness (QED) is 0.682. The summed E-state index contributed by atoms with van der Waals surface area (Å²) in [5.74, 6) is 0. The zero-order valence-corrected chi connectivity index (χ0v) is 17.6. The van der Waals surface area contributed by atoms with Gasteiger partial charge in [-0.05, 0) is 49.2 Å². The summed E-state index contributed by atoms with van der Waals surface area (Å²) in [6.07, 6.45) is 4.81. The van der Waals surface area contributed by atoms with Gasteiger partial charge in [0.2, 0.25) is 0 Å². The van der Waals surface area contributed by atoms with Gasteiger partial charge in [-0.15, -0.1) is 0 Å². The molecule has 2 aliphatic rings. The molecule has 2 saturated heterocycles. The van der Waals surface area contributed by atoms with Crippen LogP contribution in [-0.2, 0) is 6.54 Å². The maximum Gasteiger partial charge on any atom is 0.0457 e. The summed E-state index contributed by atoms with van der Waals surface area (Å²) >= 11 is 6.18. The summed E-state index contributed by atoms with van der Waals surface area (Å²) in [6, 6.07) is 17.6. The van der Waals surface area contributed by atoms with Gasteiger partial charge in [-0.2, -0.15) is 0 Å². The van der Waals surface area contributed by atoms with E-state index in [1.54, 1.807) is 0 Å². The van der Waals surface area contributed by atoms with Crippen molar-refractivity contribution in [1.29, 1.82) is 0 Å². The molecule has 3 heterocycles. The molecule has 3 aromatic rings. The van der Waals surface area contributed by atoms with E-state index in [-0.39, 0.29) is 0 Å². The van der Waals surface area contributed by atoms with E-state index in [0.717, 1.165) is 37.7 Å². The lowest BCUT2D eigenvalue weighted by atomic mass is 10.0. The number of halogens is 1. The number of hydrogen-bond acceptors (Lipinski definition) is 3. The fraction of sp³-hybridized carbons (Fsp3) is 0.417. The predicted octanol–water partition coefficient (Wildman–Crippen LogP) is 4.61. The van der Waals surface area contributed by atoms with E-state index in [2.05, 4.69) is 62.3 Å². The molecule has 5 heteroatoms. The summed E-state index contributed by atoms with van der Waals surface area (Å²) in [4.78, 5) is 11.2. The van der Waals surface area contributed by atoms with Gasteiger partial charge in [0, 0.05) is 73.1 Å². The number of para-hydroxylation sites is 1. The van der Waals surface area contributed by atoms with E-state index in [4.69, 9.17) is 11.6 Å². The van der Waals surface area contributed by atoms with Gasteiger partial charge in [-0.25, -0.2) is 0 Å². The van der Waals surface area contributed by atoms with Crippen LogP contribution in [0.3, 0.4) is 0 Å². The van der Waals surface area contributed by atoms with Gasteiger partial charge in [0.25, 0.3) is 0 Å². The molecule has 1 N–H and O–H groups in total. The van der Waals surface area contributed by atoms with E-state index in [1.807, 2.05) is 12.1 Å². The highest BCUT2D eigenvalue weighted by atomic mass is 35.5. The van der Waals surface area contributed by atoms with Crippen molar-refractivity contribution in [1.82, 2.24) is 14.8 Å². The average molecular weight is 409 g/mol. The van der Waals surface area contributed by atoms with Crippen molar-refractivity contribution in [2.75, 3.05) is 44.2 Å². The number of H-pyrrole nitrogens is 1. The Morgan fingerprint density at radius 3 is 2.69 bits per heavy atom. The first-order valence-corrected chi connectivity index (χ1v) is 11.2. The standard InChI is InChI=1S/C24H29ClN4/c25-20-5-3-6-21(15-20)28-11-13-29(14-12-28)22-7-4-10-27(18-22)17-19-16-26-24-9-2-1-8-23(19)24/h1-3,5-6,8-9,15-16,22,26H,4,7,10-14,17-18H2/t22-/m0/s1. The van der Waals surface area contributed by atoms with E-state index < -0.39 is 0 Å². The highest BCUT2D eigenvalue weighted by Gasteiger charge is 2.28. The first-order valence-electron chi connectivity index (χ1n) is 10.8. The summed E-state index contributed by atoms with van der Waals surface area (Å²) in [6.45, 7) is 7.87. The first kappa shape index (κ1) is 19.0. The maximum absolute atomic E-state index is 6.18. The number of aromatic nitrogens is 1. The van der Waals surface area contributed by atoms with Crippen molar-refractivity contribution in [3.63, 3.8) is 0 Å². The first-order chi connectivity index (χ1) is 14.3. The minimum Gasteiger partial charge on any atom is -0.369 e. The number of benzene rings is 2. The second-order valence-electron chi connectivity index (χ2n) is 8.39. The number of likely N-dealkylation sites (tertiary alicyclic amines) is 1. The van der Waals surface area contributed by atoms with Gasteiger partial charge in [-0.1, -0.05) is 35.9 Å². The molecule has 2 aliphatic heterocycles. The van der Waals surface area contributed by atoms with Crippen molar-refractivity contribution in [3.05, 3.63) is 65.3 Å². The van der Waals surface area contributed by atoms with E-state index in [0.29, 0.717) is 6.04 Å². The molecule has 0 radical (unpaired) electrons. The Bertz CT molecular complexity index is 960. The van der Waals surface area contributed by atoms with Crippen LogP contribution >= 0.6 is 11.6 Å². The fourth-order valence-electron chi connectivity index (χ4n) is 4.99. The van der Waals surface area contributed by atoms with Gasteiger partial charge in [-0.3, -0.25) is 9.80 Å². The van der Waals surface area contributed by atoms with Crippen LogP contribution in [0.5, 0.6) is 0 Å². The summed E-state index contributed by atoms with van der Waals surface area (Å²) in [5, 5.41) is 2.19. The van der Waals surface area contributed by atoms with Crippen LogP contribution in [0.2, 0.25) is 5.02 Å². The zero-order chi connectivity index (χ0) is 19.6. The molecule has 0 spiro atoms. The lowest BCUT2D eigenvalue weighted by Crippen LogP contribution is -2.55. The number of aromatic amines is 1. The molecular formula is C24H29ClN4. The van der Waals surface area contributed by atoms with Crippen LogP contribution in [0.15, 0.2) is 54.7 Å². The fourth-order valence-corrected chi connectivity index (χ4v) is 5.18. The minimum atomic E-state index is 0.676. The second-order valence-corrected chi connectivity index (χ2v) is 8.83. The summed E-state index contributed by atoms with van der Waals surface area (Å²) < 4.78 is 0. The van der Waals surface area contributed by atoms with Crippen LogP contribution in [0, 0.1) is 0 Å². The lowest BCUT2D eigenvalue weighted by molar-refractivity contribution is 0.0890. The Kier molecular flexibility index (Phi) is 5.49. The molecule has 2 aromatic carbocycles. The van der Waals surface area contributed by atoms with Crippen LogP contribution in [0.4, 0.5) is 5.69 Å². The van der Waals surface area contributed by atoms with E-state index in [1.165, 1.54) is 48.1 Å². The second kappa shape index (κ2) is 8.39. The van der Waals surface area contributed by atoms with Gasteiger partial charge in [0.15, 0.2) is 0 Å². The van der Waals surface area contributed by atoms with Crippen molar-refractivity contribution in [2.24, 2.45) is 0 Å². The lowest BCUT2D eigenvalue weighted by Gasteiger charge is -2.44.